The molecule has 3 aliphatic rings. The van der Waals surface area contributed by atoms with Crippen molar-refractivity contribution in [3.63, 3.8) is 0 Å². The van der Waals surface area contributed by atoms with Gasteiger partial charge in [-0.3, -0.25) is 14.4 Å². The van der Waals surface area contributed by atoms with Crippen molar-refractivity contribution >= 4 is 17.7 Å². The lowest BCUT2D eigenvalue weighted by molar-refractivity contribution is -0.148. The van der Waals surface area contributed by atoms with Gasteiger partial charge >= 0.3 is 5.97 Å². The predicted molar refractivity (Wildman–Crippen MR) is 155 cm³/mol. The molecule has 3 fully saturated rings. The third kappa shape index (κ3) is 9.60. The van der Waals surface area contributed by atoms with E-state index in [1.54, 1.807) is 13.0 Å². The van der Waals surface area contributed by atoms with E-state index in [4.69, 9.17) is 18.9 Å². The van der Waals surface area contributed by atoms with E-state index >= 15 is 0 Å². The Hall–Kier alpha value is -2.33. The maximum Gasteiger partial charge on any atom is 0.303 e. The molecule has 230 valence electrons. The van der Waals surface area contributed by atoms with Crippen LogP contribution in [0.15, 0.2) is 36.0 Å². The van der Waals surface area contributed by atoms with Crippen LogP contribution in [0.4, 0.5) is 0 Å². The Morgan fingerprint density at radius 1 is 1.15 bits per heavy atom. The van der Waals surface area contributed by atoms with Gasteiger partial charge in [-0.05, 0) is 45.6 Å². The summed E-state index contributed by atoms with van der Waals surface area (Å²) < 4.78 is 23.1. The summed E-state index contributed by atoms with van der Waals surface area (Å²) in [6.07, 6.45) is 8.97. The molecule has 3 rings (SSSR count). The Morgan fingerprint density at radius 2 is 1.83 bits per heavy atom. The fraction of sp³-hybridized carbons (Fsp3) is 0.719. The summed E-state index contributed by atoms with van der Waals surface area (Å²) in [5, 5.41) is 13.9. The normalized spacial score (nSPS) is 35.0. The number of aliphatic hydroxyl groups is 1. The first-order valence-corrected chi connectivity index (χ1v) is 14.8. The summed E-state index contributed by atoms with van der Waals surface area (Å²) in [5.74, 6) is -0.275. The molecule has 3 heterocycles. The molecular weight excluding hydrogens is 526 g/mol. The Balaban J connectivity index is 1.52. The number of ketones is 1. The molecule has 0 aromatic heterocycles. The number of carbonyl (C=O) groups is 3. The standard InChI is InChI=1S/C32H49NO8/c1-19(10-13-27-30(37)32(18-38-32)17-24(41-27)16-28(35)31(6,7)8)9-12-26-20(2)15-25(22(4)40-26)33-29(36)14-11-21(3)39-23(5)34/h9-11,13-14,20-22,24-27,30,37H,12,15-18H2,1-8H3,(H,33,36)/b13-10+,14-11-,19-9+/t20-,21+,22+,24+,25+,26-,27+,30+,32+/m0/s1. The minimum absolute atomic E-state index is 0.00785. The number of hydrogen-bond acceptors (Lipinski definition) is 8. The van der Waals surface area contributed by atoms with Gasteiger partial charge in [-0.2, -0.15) is 0 Å². The summed E-state index contributed by atoms with van der Waals surface area (Å²) in [6, 6.07) is -0.118. The summed E-state index contributed by atoms with van der Waals surface area (Å²) >= 11 is 0. The average Bonchev–Trinajstić information content (AvgIpc) is 3.64. The van der Waals surface area contributed by atoms with Crippen LogP contribution in [0.1, 0.15) is 81.1 Å². The van der Waals surface area contributed by atoms with Gasteiger partial charge in [0.2, 0.25) is 5.91 Å². The van der Waals surface area contributed by atoms with Gasteiger partial charge in [0.25, 0.3) is 0 Å². The molecule has 0 unspecified atom stereocenters. The highest BCUT2D eigenvalue weighted by molar-refractivity contribution is 5.87. The number of epoxide rings is 1. The lowest BCUT2D eigenvalue weighted by Crippen LogP contribution is -2.50. The summed E-state index contributed by atoms with van der Waals surface area (Å²) in [4.78, 5) is 36.0. The lowest BCUT2D eigenvalue weighted by atomic mass is 9.82. The highest BCUT2D eigenvalue weighted by atomic mass is 16.6. The van der Waals surface area contributed by atoms with E-state index < -0.39 is 35.3 Å². The average molecular weight is 576 g/mol. The number of hydrogen-bond donors (Lipinski definition) is 2. The molecule has 0 bridgehead atoms. The SMILES string of the molecule is CC(=O)O[C@H](C)/C=C\C(=O)N[C@@H]1C[C@H](C)[C@H](C/C=C(C)/C=C/[C@H]2O[C@H](CC(=O)C(C)(C)C)C[C@@]3(CO3)[C@@H]2O)O[C@@H]1C. The number of carbonyl (C=O) groups excluding carboxylic acids is 3. The predicted octanol–water partition coefficient (Wildman–Crippen LogP) is 3.98. The van der Waals surface area contributed by atoms with Crippen molar-refractivity contribution in [2.45, 2.75) is 129 Å². The van der Waals surface area contributed by atoms with Crippen LogP contribution in [0.3, 0.4) is 0 Å². The third-order valence-corrected chi connectivity index (χ3v) is 8.17. The first kappa shape index (κ1) is 33.2. The smallest absolute Gasteiger partial charge is 0.303 e. The molecule has 0 aromatic carbocycles. The van der Waals surface area contributed by atoms with Crippen molar-refractivity contribution in [1.29, 1.82) is 0 Å². The molecule has 0 saturated carbocycles. The van der Waals surface area contributed by atoms with Gasteiger partial charge in [-0.15, -0.1) is 0 Å². The topological polar surface area (TPSA) is 124 Å². The second-order valence-electron chi connectivity index (χ2n) is 13.0. The molecule has 0 aromatic rings. The summed E-state index contributed by atoms with van der Waals surface area (Å²) in [7, 11) is 0. The second-order valence-corrected chi connectivity index (χ2v) is 13.0. The Labute approximate surface area is 244 Å². The molecule has 0 radical (unpaired) electrons. The number of rotatable bonds is 10. The maximum absolute atomic E-state index is 12.6. The molecule has 1 amide bonds. The van der Waals surface area contributed by atoms with E-state index in [1.165, 1.54) is 13.0 Å². The van der Waals surface area contributed by atoms with Crippen molar-refractivity contribution in [2.24, 2.45) is 11.3 Å². The van der Waals surface area contributed by atoms with Crippen LogP contribution in [0.25, 0.3) is 0 Å². The van der Waals surface area contributed by atoms with E-state index in [2.05, 4.69) is 18.3 Å². The van der Waals surface area contributed by atoms with Crippen molar-refractivity contribution in [3.8, 4) is 0 Å². The van der Waals surface area contributed by atoms with Gasteiger partial charge in [0.1, 0.15) is 29.7 Å². The number of allylic oxidation sites excluding steroid dienone is 2. The van der Waals surface area contributed by atoms with Crippen LogP contribution in [-0.2, 0) is 33.3 Å². The number of Topliss-reactive ketones (excluding diaryl/α,β-unsaturated/α-hetero) is 1. The Kier molecular flexibility index (Phi) is 11.1. The van der Waals surface area contributed by atoms with E-state index in [-0.39, 0.29) is 42.0 Å². The van der Waals surface area contributed by atoms with Gasteiger partial charge in [-0.25, -0.2) is 0 Å². The fourth-order valence-electron chi connectivity index (χ4n) is 5.40. The molecular formula is C32H49NO8. The molecule has 3 saturated heterocycles. The lowest BCUT2D eigenvalue weighted by Gasteiger charge is -2.39. The van der Waals surface area contributed by atoms with Crippen molar-refractivity contribution in [2.75, 3.05) is 6.61 Å². The second kappa shape index (κ2) is 13.8. The largest absolute Gasteiger partial charge is 0.459 e. The summed E-state index contributed by atoms with van der Waals surface area (Å²) in [6.45, 7) is 15.3. The van der Waals surface area contributed by atoms with Crippen LogP contribution in [0.2, 0.25) is 0 Å². The molecule has 9 atom stereocenters. The fourth-order valence-corrected chi connectivity index (χ4v) is 5.40. The zero-order chi connectivity index (χ0) is 30.5. The number of aliphatic hydroxyl groups excluding tert-OH is 1. The third-order valence-electron chi connectivity index (χ3n) is 8.17. The van der Waals surface area contributed by atoms with Crippen LogP contribution in [0, 0.1) is 11.3 Å². The van der Waals surface area contributed by atoms with Crippen LogP contribution in [0.5, 0.6) is 0 Å². The number of amides is 1. The monoisotopic (exact) mass is 575 g/mol. The zero-order valence-corrected chi connectivity index (χ0v) is 25.8. The van der Waals surface area contributed by atoms with Crippen LogP contribution in [-0.4, -0.2) is 77.6 Å². The minimum atomic E-state index is -0.776. The molecule has 9 heteroatoms. The zero-order valence-electron chi connectivity index (χ0n) is 25.8. The first-order valence-electron chi connectivity index (χ1n) is 14.8. The van der Waals surface area contributed by atoms with Crippen molar-refractivity contribution in [3.05, 3.63) is 36.0 Å². The number of nitrogens with one attached hydrogen (secondary N) is 1. The van der Waals surface area contributed by atoms with Gasteiger partial charge in [0, 0.05) is 31.3 Å². The molecule has 1 spiro atoms. The van der Waals surface area contributed by atoms with E-state index in [1.807, 2.05) is 46.8 Å². The van der Waals surface area contributed by atoms with Gasteiger partial charge in [0.05, 0.1) is 31.0 Å². The van der Waals surface area contributed by atoms with Gasteiger partial charge < -0.3 is 29.4 Å². The van der Waals surface area contributed by atoms with E-state index in [0.717, 1.165) is 12.0 Å². The molecule has 2 N–H and O–H groups in total. The Morgan fingerprint density at radius 3 is 2.44 bits per heavy atom. The molecule has 3 aliphatic heterocycles. The summed E-state index contributed by atoms with van der Waals surface area (Å²) in [5.41, 5.74) is -0.0340. The van der Waals surface area contributed by atoms with Gasteiger partial charge in [0.15, 0.2) is 0 Å². The Bertz CT molecular complexity index is 1040. The minimum Gasteiger partial charge on any atom is -0.459 e. The highest BCUT2D eigenvalue weighted by Crippen LogP contribution is 2.44. The highest BCUT2D eigenvalue weighted by Gasteiger charge is 2.58. The van der Waals surface area contributed by atoms with Crippen molar-refractivity contribution < 1.29 is 38.4 Å². The molecule has 41 heavy (non-hydrogen) atoms. The van der Waals surface area contributed by atoms with Crippen LogP contribution < -0.4 is 5.32 Å². The van der Waals surface area contributed by atoms with Gasteiger partial charge in [-0.1, -0.05) is 51.5 Å². The molecule has 9 nitrogen and oxygen atoms in total. The van der Waals surface area contributed by atoms with E-state index in [9.17, 15) is 19.5 Å². The maximum atomic E-state index is 12.6. The van der Waals surface area contributed by atoms with E-state index in [0.29, 0.717) is 25.9 Å². The van der Waals surface area contributed by atoms with Crippen LogP contribution >= 0.6 is 0 Å². The number of esters is 1. The van der Waals surface area contributed by atoms with Crippen molar-refractivity contribution in [1.82, 2.24) is 5.32 Å². The first-order chi connectivity index (χ1) is 19.1. The molecule has 0 aliphatic carbocycles. The number of ether oxygens (including phenoxy) is 4. The quantitative estimate of drug-likeness (QED) is 0.174.